The molecule has 0 saturated carbocycles. The van der Waals surface area contributed by atoms with E-state index in [0.717, 1.165) is 36.0 Å². The molecule has 21 heavy (non-hydrogen) atoms. The highest BCUT2D eigenvalue weighted by molar-refractivity contribution is 5.83. The molecule has 3 rings (SSSR count). The largest absolute Gasteiger partial charge is 0.440 e. The van der Waals surface area contributed by atoms with Crippen LogP contribution in [-0.4, -0.2) is 26.3 Å². The van der Waals surface area contributed by atoms with E-state index < -0.39 is 0 Å². The molecule has 112 valence electrons. The Morgan fingerprint density at radius 2 is 1.90 bits per heavy atom. The predicted molar refractivity (Wildman–Crippen MR) is 84.4 cm³/mol. The molecule has 1 aromatic heterocycles. The second-order valence-electron chi connectivity index (χ2n) is 5.55. The highest BCUT2D eigenvalue weighted by Crippen LogP contribution is 2.27. The van der Waals surface area contributed by atoms with E-state index in [0.29, 0.717) is 30.2 Å². The lowest BCUT2D eigenvalue weighted by Crippen LogP contribution is -2.37. The number of anilines is 1. The molecular formula is C17H21NO3. The summed E-state index contributed by atoms with van der Waals surface area (Å²) in [5.74, 6) is 0.696. The molecule has 1 saturated heterocycles. The molecule has 1 aliphatic heterocycles. The Morgan fingerprint density at radius 3 is 2.57 bits per heavy atom. The van der Waals surface area contributed by atoms with E-state index in [9.17, 15) is 4.79 Å². The van der Waals surface area contributed by atoms with Crippen LogP contribution < -0.4 is 10.3 Å². The maximum atomic E-state index is 12.8. The van der Waals surface area contributed by atoms with E-state index in [4.69, 9.17) is 9.15 Å². The van der Waals surface area contributed by atoms with Crippen molar-refractivity contribution in [1.29, 1.82) is 0 Å². The van der Waals surface area contributed by atoms with Gasteiger partial charge in [-0.05, 0) is 37.5 Å². The number of fused-ring (bicyclic) bond motifs is 1. The molecule has 0 radical (unpaired) electrons. The zero-order valence-corrected chi connectivity index (χ0v) is 12.9. The summed E-state index contributed by atoms with van der Waals surface area (Å²) in [5, 5.41) is 0.743. The molecule has 4 nitrogen and oxygen atoms in total. The lowest BCUT2D eigenvalue weighted by atomic mass is 10.00. The van der Waals surface area contributed by atoms with Crippen molar-refractivity contribution in [3.8, 4) is 0 Å². The van der Waals surface area contributed by atoms with Gasteiger partial charge in [-0.2, -0.15) is 0 Å². The summed E-state index contributed by atoms with van der Waals surface area (Å²) in [6.45, 7) is 8.86. The molecule has 1 fully saturated rings. The summed E-state index contributed by atoms with van der Waals surface area (Å²) in [4.78, 5) is 14.9. The molecule has 4 heteroatoms. The SMILES string of the molecule is CCc1c(C)ccc2oc(N3CCOCC3)c(C)c(=O)c12. The average molecular weight is 287 g/mol. The second kappa shape index (κ2) is 5.53. The zero-order valence-electron chi connectivity index (χ0n) is 12.9. The fourth-order valence-electron chi connectivity index (χ4n) is 3.05. The number of morpholine rings is 1. The van der Waals surface area contributed by atoms with Crippen LogP contribution in [0, 0.1) is 13.8 Å². The average Bonchev–Trinajstić information content (AvgIpc) is 2.52. The third kappa shape index (κ3) is 2.33. The van der Waals surface area contributed by atoms with Crippen molar-refractivity contribution in [1.82, 2.24) is 0 Å². The smallest absolute Gasteiger partial charge is 0.203 e. The first kappa shape index (κ1) is 14.1. The minimum Gasteiger partial charge on any atom is -0.440 e. The van der Waals surface area contributed by atoms with Crippen LogP contribution in [0.1, 0.15) is 23.6 Å². The van der Waals surface area contributed by atoms with Crippen LogP contribution in [0.25, 0.3) is 11.0 Å². The molecule has 2 aromatic rings. The second-order valence-corrected chi connectivity index (χ2v) is 5.55. The van der Waals surface area contributed by atoms with Gasteiger partial charge in [0.15, 0.2) is 5.43 Å². The quantitative estimate of drug-likeness (QED) is 0.852. The van der Waals surface area contributed by atoms with Crippen molar-refractivity contribution < 1.29 is 9.15 Å². The maximum Gasteiger partial charge on any atom is 0.203 e. The Labute approximate surface area is 124 Å². The molecule has 0 spiro atoms. The molecule has 1 aliphatic rings. The highest BCUT2D eigenvalue weighted by atomic mass is 16.5. The van der Waals surface area contributed by atoms with Gasteiger partial charge in [0.1, 0.15) is 5.58 Å². The van der Waals surface area contributed by atoms with Gasteiger partial charge in [0.2, 0.25) is 5.88 Å². The van der Waals surface area contributed by atoms with E-state index in [-0.39, 0.29) is 5.43 Å². The Kier molecular flexibility index (Phi) is 3.72. The van der Waals surface area contributed by atoms with Crippen molar-refractivity contribution in [2.45, 2.75) is 27.2 Å². The molecule has 2 heterocycles. The molecular weight excluding hydrogens is 266 g/mol. The van der Waals surface area contributed by atoms with Gasteiger partial charge in [-0.15, -0.1) is 0 Å². The summed E-state index contributed by atoms with van der Waals surface area (Å²) in [6.07, 6.45) is 0.838. The first-order chi connectivity index (χ1) is 10.1. The number of ether oxygens (including phenoxy) is 1. The number of aryl methyl sites for hydroxylation is 2. The van der Waals surface area contributed by atoms with E-state index >= 15 is 0 Å². The molecule has 0 bridgehead atoms. The van der Waals surface area contributed by atoms with Gasteiger partial charge in [-0.3, -0.25) is 4.79 Å². The predicted octanol–water partition coefficient (Wildman–Crippen LogP) is 2.81. The lowest BCUT2D eigenvalue weighted by molar-refractivity contribution is 0.120. The number of hydrogen-bond donors (Lipinski definition) is 0. The fourth-order valence-corrected chi connectivity index (χ4v) is 3.05. The molecule has 0 amide bonds. The fraction of sp³-hybridized carbons (Fsp3) is 0.471. The standard InChI is InChI=1S/C17H21NO3/c1-4-13-11(2)5-6-14-15(13)16(19)12(3)17(21-14)18-7-9-20-10-8-18/h5-6H,4,7-10H2,1-3H3. The Balaban J connectivity index is 2.24. The van der Waals surface area contributed by atoms with Crippen molar-refractivity contribution in [2.24, 2.45) is 0 Å². The highest BCUT2D eigenvalue weighted by Gasteiger charge is 2.20. The number of benzene rings is 1. The van der Waals surface area contributed by atoms with E-state index in [1.165, 1.54) is 0 Å². The van der Waals surface area contributed by atoms with Crippen LogP contribution in [0.15, 0.2) is 21.3 Å². The molecule has 0 aliphatic carbocycles. The zero-order chi connectivity index (χ0) is 15.0. The third-order valence-electron chi connectivity index (χ3n) is 4.26. The molecule has 0 atom stereocenters. The van der Waals surface area contributed by atoms with Crippen molar-refractivity contribution in [3.05, 3.63) is 39.0 Å². The van der Waals surface area contributed by atoms with Crippen LogP contribution in [0.4, 0.5) is 5.88 Å². The Bertz CT molecular complexity index is 727. The van der Waals surface area contributed by atoms with Gasteiger partial charge >= 0.3 is 0 Å². The summed E-state index contributed by atoms with van der Waals surface area (Å²) in [5.41, 5.74) is 3.73. The number of hydrogen-bond acceptors (Lipinski definition) is 4. The lowest BCUT2D eigenvalue weighted by Gasteiger charge is -2.28. The van der Waals surface area contributed by atoms with Crippen LogP contribution >= 0.6 is 0 Å². The summed E-state index contributed by atoms with van der Waals surface area (Å²) in [6, 6.07) is 3.94. The molecule has 0 N–H and O–H groups in total. The maximum absolute atomic E-state index is 12.8. The first-order valence-corrected chi connectivity index (χ1v) is 7.52. The summed E-state index contributed by atoms with van der Waals surface area (Å²) >= 11 is 0. The van der Waals surface area contributed by atoms with Gasteiger partial charge in [-0.1, -0.05) is 13.0 Å². The van der Waals surface area contributed by atoms with Gasteiger partial charge in [-0.25, -0.2) is 0 Å². The third-order valence-corrected chi connectivity index (χ3v) is 4.26. The van der Waals surface area contributed by atoms with E-state index in [1.807, 2.05) is 26.0 Å². The van der Waals surface area contributed by atoms with Crippen LogP contribution in [-0.2, 0) is 11.2 Å². The first-order valence-electron chi connectivity index (χ1n) is 7.52. The molecule has 1 aromatic carbocycles. The minimum atomic E-state index is 0.0956. The van der Waals surface area contributed by atoms with E-state index in [1.54, 1.807) is 0 Å². The van der Waals surface area contributed by atoms with Gasteiger partial charge in [0, 0.05) is 13.1 Å². The normalized spacial score (nSPS) is 15.7. The Morgan fingerprint density at radius 1 is 1.19 bits per heavy atom. The van der Waals surface area contributed by atoms with Crippen molar-refractivity contribution in [2.75, 3.05) is 31.2 Å². The van der Waals surface area contributed by atoms with Crippen LogP contribution in [0.5, 0.6) is 0 Å². The summed E-state index contributed by atoms with van der Waals surface area (Å²) in [7, 11) is 0. The Hall–Kier alpha value is -1.81. The van der Waals surface area contributed by atoms with Crippen molar-refractivity contribution >= 4 is 16.9 Å². The van der Waals surface area contributed by atoms with Gasteiger partial charge < -0.3 is 14.1 Å². The number of nitrogens with zero attached hydrogens (tertiary/aromatic N) is 1. The number of rotatable bonds is 2. The van der Waals surface area contributed by atoms with Gasteiger partial charge in [0.25, 0.3) is 0 Å². The van der Waals surface area contributed by atoms with E-state index in [2.05, 4.69) is 11.8 Å². The van der Waals surface area contributed by atoms with Gasteiger partial charge in [0.05, 0.1) is 24.2 Å². The monoisotopic (exact) mass is 287 g/mol. The summed E-state index contributed by atoms with van der Waals surface area (Å²) < 4.78 is 11.5. The van der Waals surface area contributed by atoms with Crippen LogP contribution in [0.3, 0.4) is 0 Å². The van der Waals surface area contributed by atoms with Crippen LogP contribution in [0.2, 0.25) is 0 Å². The molecule has 0 unspecified atom stereocenters. The minimum absolute atomic E-state index is 0.0956. The van der Waals surface area contributed by atoms with Crippen molar-refractivity contribution in [3.63, 3.8) is 0 Å². The topological polar surface area (TPSA) is 42.7 Å².